The molecule has 160 valence electrons. The fourth-order valence-corrected chi connectivity index (χ4v) is 3.13. The Labute approximate surface area is 177 Å². The third kappa shape index (κ3) is 4.77. The highest BCUT2D eigenvalue weighted by Gasteiger charge is 2.19. The third-order valence-corrected chi connectivity index (χ3v) is 4.77. The number of nitrogens with zero attached hydrogens (tertiary/aromatic N) is 4. The van der Waals surface area contributed by atoms with Crippen molar-refractivity contribution in [2.45, 2.75) is 32.9 Å². The molecule has 0 atom stereocenters. The van der Waals surface area contributed by atoms with Crippen LogP contribution in [-0.2, 0) is 13.0 Å². The molecular weight excluding hydrogens is 400 g/mol. The van der Waals surface area contributed by atoms with Crippen molar-refractivity contribution in [3.05, 3.63) is 96.7 Å². The average molecular weight is 422 g/mol. The van der Waals surface area contributed by atoms with Gasteiger partial charge in [0.25, 0.3) is 11.2 Å². The largest absolute Gasteiger partial charge is 0.494 e. The van der Waals surface area contributed by atoms with Gasteiger partial charge in [-0.05, 0) is 38.0 Å². The zero-order valence-corrected chi connectivity index (χ0v) is 17.1. The normalized spacial score (nSPS) is 11.3. The summed E-state index contributed by atoms with van der Waals surface area (Å²) in [7, 11) is 0. The number of nitro benzene ring substituents is 1. The molecule has 0 radical (unpaired) electrons. The lowest BCUT2D eigenvalue weighted by molar-refractivity contribution is -0.384. The second-order valence-electron chi connectivity index (χ2n) is 7.21. The molecule has 0 aliphatic carbocycles. The summed E-state index contributed by atoms with van der Waals surface area (Å²) < 4.78 is 2.23. The van der Waals surface area contributed by atoms with Crippen molar-refractivity contribution in [1.82, 2.24) is 9.13 Å². The van der Waals surface area contributed by atoms with Crippen molar-refractivity contribution in [2.24, 2.45) is 4.99 Å². The lowest BCUT2D eigenvalue weighted by Crippen LogP contribution is -2.42. The van der Waals surface area contributed by atoms with Crippen molar-refractivity contribution >= 4 is 17.6 Å². The molecule has 0 aliphatic heterocycles. The van der Waals surface area contributed by atoms with Gasteiger partial charge in [0, 0.05) is 30.9 Å². The Bertz CT molecular complexity index is 1230. The predicted octanol–water partition coefficient (Wildman–Crippen LogP) is 3.20. The average Bonchev–Trinajstić information content (AvgIpc) is 2.74. The Balaban J connectivity index is 2.02. The molecule has 0 saturated carbocycles. The number of hydrogen-bond donors (Lipinski definition) is 1. The van der Waals surface area contributed by atoms with Gasteiger partial charge in [-0.25, -0.2) is 4.79 Å². The van der Waals surface area contributed by atoms with E-state index in [1.54, 1.807) is 13.8 Å². The summed E-state index contributed by atoms with van der Waals surface area (Å²) in [6.07, 6.45) is 1.67. The van der Waals surface area contributed by atoms with Gasteiger partial charge in [-0.3, -0.25) is 29.0 Å². The lowest BCUT2D eigenvalue weighted by Gasteiger charge is -2.16. The number of benzene rings is 2. The van der Waals surface area contributed by atoms with Crippen LogP contribution >= 0.6 is 0 Å². The summed E-state index contributed by atoms with van der Waals surface area (Å²) in [5.41, 5.74) is -0.113. The van der Waals surface area contributed by atoms with Gasteiger partial charge in [0.2, 0.25) is 5.88 Å². The van der Waals surface area contributed by atoms with Crippen LogP contribution in [0, 0.1) is 10.1 Å². The van der Waals surface area contributed by atoms with Crippen LogP contribution in [0.15, 0.2) is 69.2 Å². The third-order valence-electron chi connectivity index (χ3n) is 4.77. The maximum atomic E-state index is 12.9. The standard InChI is InChI=1S/C22H22N4O5/c1-15(2)25-21(28)19(14-23-17-8-10-18(11-9-17)26(30)31)20(27)24(22(25)29)13-12-16-6-4-3-5-7-16/h3-11,14-15,27H,12-13H2,1-2H3. The number of rotatable bonds is 7. The molecule has 0 aliphatic rings. The van der Waals surface area contributed by atoms with E-state index < -0.39 is 28.1 Å². The van der Waals surface area contributed by atoms with Crippen LogP contribution in [0.4, 0.5) is 11.4 Å². The molecule has 0 spiro atoms. The monoisotopic (exact) mass is 422 g/mol. The van der Waals surface area contributed by atoms with Gasteiger partial charge in [0.05, 0.1) is 10.6 Å². The Morgan fingerprint density at radius 1 is 1.10 bits per heavy atom. The zero-order chi connectivity index (χ0) is 22.5. The fraction of sp³-hybridized carbons (Fsp3) is 0.227. The maximum Gasteiger partial charge on any atom is 0.334 e. The van der Waals surface area contributed by atoms with E-state index >= 15 is 0 Å². The van der Waals surface area contributed by atoms with Crippen LogP contribution in [-0.4, -0.2) is 25.4 Å². The van der Waals surface area contributed by atoms with Gasteiger partial charge < -0.3 is 5.11 Å². The highest BCUT2D eigenvalue weighted by atomic mass is 16.6. The fourth-order valence-electron chi connectivity index (χ4n) is 3.13. The van der Waals surface area contributed by atoms with Gasteiger partial charge in [-0.15, -0.1) is 0 Å². The maximum absolute atomic E-state index is 12.9. The van der Waals surface area contributed by atoms with Crippen molar-refractivity contribution in [3.8, 4) is 5.88 Å². The summed E-state index contributed by atoms with van der Waals surface area (Å²) in [5, 5.41) is 21.5. The SMILES string of the molecule is CC(C)n1c(=O)c(C=Nc2ccc([N+](=O)[O-])cc2)c(O)n(CCc2ccccc2)c1=O. The molecule has 2 aromatic carbocycles. The molecule has 1 aromatic heterocycles. The molecular formula is C22H22N4O5. The van der Waals surface area contributed by atoms with Gasteiger partial charge in [-0.1, -0.05) is 30.3 Å². The summed E-state index contributed by atoms with van der Waals surface area (Å²) in [6.45, 7) is 3.59. The van der Waals surface area contributed by atoms with E-state index in [0.717, 1.165) is 14.7 Å². The van der Waals surface area contributed by atoms with Crippen molar-refractivity contribution in [1.29, 1.82) is 0 Å². The summed E-state index contributed by atoms with van der Waals surface area (Å²) in [6, 6.07) is 14.5. The molecule has 1 N–H and O–H groups in total. The minimum atomic E-state index is -0.654. The molecule has 3 aromatic rings. The Hall–Kier alpha value is -4.01. The highest BCUT2D eigenvalue weighted by molar-refractivity contribution is 5.84. The van der Waals surface area contributed by atoms with E-state index in [9.17, 15) is 24.8 Å². The molecule has 0 bridgehead atoms. The number of aromatic hydroxyl groups is 1. The van der Waals surface area contributed by atoms with E-state index in [4.69, 9.17) is 0 Å². The Morgan fingerprint density at radius 2 is 1.74 bits per heavy atom. The lowest BCUT2D eigenvalue weighted by atomic mass is 10.1. The Kier molecular flexibility index (Phi) is 6.44. The first-order valence-corrected chi connectivity index (χ1v) is 9.70. The Morgan fingerprint density at radius 3 is 2.32 bits per heavy atom. The van der Waals surface area contributed by atoms with Crippen LogP contribution in [0.2, 0.25) is 0 Å². The molecule has 3 rings (SSSR count). The van der Waals surface area contributed by atoms with Gasteiger partial charge in [-0.2, -0.15) is 0 Å². The van der Waals surface area contributed by atoms with Gasteiger partial charge >= 0.3 is 5.69 Å². The van der Waals surface area contributed by atoms with E-state index in [1.807, 2.05) is 30.3 Å². The summed E-state index contributed by atoms with van der Waals surface area (Å²) >= 11 is 0. The summed E-state index contributed by atoms with van der Waals surface area (Å²) in [4.78, 5) is 40.1. The number of hydrogen-bond acceptors (Lipinski definition) is 6. The first kappa shape index (κ1) is 21.7. The smallest absolute Gasteiger partial charge is 0.334 e. The van der Waals surface area contributed by atoms with Crippen molar-refractivity contribution < 1.29 is 10.0 Å². The molecule has 0 amide bonds. The zero-order valence-electron chi connectivity index (χ0n) is 17.1. The topological polar surface area (TPSA) is 120 Å². The van der Waals surface area contributed by atoms with Crippen molar-refractivity contribution in [2.75, 3.05) is 0 Å². The molecule has 9 heteroatoms. The second-order valence-corrected chi connectivity index (χ2v) is 7.21. The first-order valence-electron chi connectivity index (χ1n) is 9.70. The molecule has 1 heterocycles. The van der Waals surface area contributed by atoms with E-state index in [0.29, 0.717) is 12.1 Å². The first-order chi connectivity index (χ1) is 14.8. The van der Waals surface area contributed by atoms with Crippen LogP contribution in [0.5, 0.6) is 5.88 Å². The quantitative estimate of drug-likeness (QED) is 0.356. The number of non-ortho nitro benzene ring substituents is 1. The van der Waals surface area contributed by atoms with Crippen LogP contribution in [0.25, 0.3) is 0 Å². The summed E-state index contributed by atoms with van der Waals surface area (Å²) in [5.74, 6) is -0.464. The number of aromatic nitrogens is 2. The molecule has 0 fully saturated rings. The van der Waals surface area contributed by atoms with Crippen LogP contribution in [0.3, 0.4) is 0 Å². The highest BCUT2D eigenvalue weighted by Crippen LogP contribution is 2.19. The van der Waals surface area contributed by atoms with Crippen LogP contribution in [0.1, 0.15) is 31.0 Å². The minimum Gasteiger partial charge on any atom is -0.494 e. The minimum absolute atomic E-state index is 0.0848. The molecule has 31 heavy (non-hydrogen) atoms. The molecule has 9 nitrogen and oxygen atoms in total. The second kappa shape index (κ2) is 9.21. The predicted molar refractivity (Wildman–Crippen MR) is 118 cm³/mol. The van der Waals surface area contributed by atoms with E-state index in [-0.39, 0.29) is 17.8 Å². The van der Waals surface area contributed by atoms with E-state index in [2.05, 4.69) is 4.99 Å². The molecule has 0 unspecified atom stereocenters. The van der Waals surface area contributed by atoms with Crippen LogP contribution < -0.4 is 11.2 Å². The number of nitro groups is 1. The van der Waals surface area contributed by atoms with Gasteiger partial charge in [0.15, 0.2) is 0 Å². The number of aliphatic imine (C=N–C) groups is 1. The van der Waals surface area contributed by atoms with Crippen molar-refractivity contribution in [3.63, 3.8) is 0 Å². The van der Waals surface area contributed by atoms with E-state index in [1.165, 1.54) is 30.5 Å². The van der Waals surface area contributed by atoms with Gasteiger partial charge in [0.1, 0.15) is 5.56 Å². The molecule has 0 saturated heterocycles. The number of aryl methyl sites for hydroxylation is 1.